The molecule has 1 saturated carbocycles. The predicted molar refractivity (Wildman–Crippen MR) is 125 cm³/mol. The third-order valence-electron chi connectivity index (χ3n) is 6.40. The number of anilines is 1. The quantitative estimate of drug-likeness (QED) is 0.694. The maximum absolute atomic E-state index is 13.6. The molecule has 1 aliphatic heterocycles. The average molecular weight is 415 g/mol. The van der Waals surface area contributed by atoms with E-state index in [1.54, 1.807) is 0 Å². The number of hydrogen-bond acceptors (Lipinski definition) is 3. The Bertz CT molecular complexity index is 1120. The number of benzene rings is 2. The number of carbonyl (C=O) groups excluding carboxylic acids is 2. The van der Waals surface area contributed by atoms with E-state index in [9.17, 15) is 9.59 Å². The van der Waals surface area contributed by atoms with Gasteiger partial charge in [-0.2, -0.15) is 0 Å². The Morgan fingerprint density at radius 1 is 1.00 bits per heavy atom. The van der Waals surface area contributed by atoms with Gasteiger partial charge in [0.05, 0.1) is 5.92 Å². The predicted octanol–water partition coefficient (Wildman–Crippen LogP) is 5.76. The van der Waals surface area contributed by atoms with Crippen molar-refractivity contribution in [2.75, 3.05) is 5.32 Å². The molecule has 4 nitrogen and oxygen atoms in total. The van der Waals surface area contributed by atoms with Gasteiger partial charge in [0, 0.05) is 35.0 Å². The highest BCUT2D eigenvalue weighted by atomic mass is 16.2. The molecule has 0 bridgehead atoms. The maximum atomic E-state index is 13.6. The fraction of sp³-hybridized carbons (Fsp3) is 0.370. The molecule has 2 aliphatic rings. The number of rotatable bonds is 3. The summed E-state index contributed by atoms with van der Waals surface area (Å²) in [5, 5.41) is 3.07. The first-order chi connectivity index (χ1) is 14.7. The summed E-state index contributed by atoms with van der Waals surface area (Å²) in [4.78, 5) is 31.8. The Hall–Kier alpha value is -3.01. The van der Waals surface area contributed by atoms with Crippen molar-refractivity contribution in [2.45, 2.75) is 53.4 Å². The van der Waals surface area contributed by atoms with Crippen LogP contribution in [0.2, 0.25) is 0 Å². The van der Waals surface area contributed by atoms with Crippen molar-refractivity contribution in [2.24, 2.45) is 16.3 Å². The van der Waals surface area contributed by atoms with Crippen LogP contribution in [-0.2, 0) is 9.59 Å². The molecule has 1 aliphatic carbocycles. The number of aryl methyl sites for hydroxylation is 2. The number of amides is 1. The summed E-state index contributed by atoms with van der Waals surface area (Å²) in [6.07, 6.45) is 1.28. The summed E-state index contributed by atoms with van der Waals surface area (Å²) in [7, 11) is 0. The molecule has 0 radical (unpaired) electrons. The van der Waals surface area contributed by atoms with Crippen molar-refractivity contribution in [1.82, 2.24) is 0 Å². The van der Waals surface area contributed by atoms with Crippen LogP contribution in [0.4, 0.5) is 5.69 Å². The Balaban J connectivity index is 1.83. The number of aliphatic imine (C=N–C) groups is 1. The van der Waals surface area contributed by atoms with Crippen LogP contribution in [0, 0.1) is 25.2 Å². The number of allylic oxidation sites excluding steroid dienone is 1. The molecule has 1 unspecified atom stereocenters. The second-order valence-corrected chi connectivity index (χ2v) is 9.72. The number of nitrogens with zero attached hydrogens (tertiary/aromatic N) is 1. The molecule has 31 heavy (non-hydrogen) atoms. The molecule has 2 aromatic rings. The van der Waals surface area contributed by atoms with Gasteiger partial charge < -0.3 is 5.32 Å². The minimum absolute atomic E-state index is 0.106. The normalized spacial score (nSPS) is 22.6. The van der Waals surface area contributed by atoms with E-state index in [1.807, 2.05) is 63.2 Å². The van der Waals surface area contributed by atoms with Crippen LogP contribution in [0.15, 0.2) is 64.8 Å². The Morgan fingerprint density at radius 2 is 1.74 bits per heavy atom. The lowest BCUT2D eigenvalue weighted by Crippen LogP contribution is -2.44. The first-order valence-corrected chi connectivity index (χ1v) is 10.9. The summed E-state index contributed by atoms with van der Waals surface area (Å²) in [5.74, 6) is -0.704. The zero-order valence-electron chi connectivity index (χ0n) is 19.0. The van der Waals surface area contributed by atoms with E-state index < -0.39 is 0 Å². The molecule has 4 heteroatoms. The molecule has 0 spiro atoms. The summed E-state index contributed by atoms with van der Waals surface area (Å²) < 4.78 is 0. The molecule has 2 atom stereocenters. The number of fused-ring (bicyclic) bond motifs is 1. The Morgan fingerprint density at radius 3 is 2.45 bits per heavy atom. The van der Waals surface area contributed by atoms with Crippen molar-refractivity contribution in [3.05, 3.63) is 76.5 Å². The van der Waals surface area contributed by atoms with Crippen molar-refractivity contribution in [3.8, 4) is 0 Å². The molecule has 0 aromatic heterocycles. The van der Waals surface area contributed by atoms with Gasteiger partial charge in [-0.05, 0) is 49.8 Å². The highest BCUT2D eigenvalue weighted by Crippen LogP contribution is 2.47. The smallest absolute Gasteiger partial charge is 0.254 e. The van der Waals surface area contributed by atoms with Gasteiger partial charge >= 0.3 is 0 Å². The monoisotopic (exact) mass is 414 g/mol. The van der Waals surface area contributed by atoms with E-state index in [4.69, 9.17) is 4.99 Å². The van der Waals surface area contributed by atoms with Crippen molar-refractivity contribution < 1.29 is 9.59 Å². The topological polar surface area (TPSA) is 58.5 Å². The van der Waals surface area contributed by atoms with Crippen LogP contribution >= 0.6 is 0 Å². The van der Waals surface area contributed by atoms with Crippen molar-refractivity contribution in [3.63, 3.8) is 0 Å². The maximum Gasteiger partial charge on any atom is 0.254 e. The zero-order valence-corrected chi connectivity index (χ0v) is 19.0. The lowest BCUT2D eigenvalue weighted by Gasteiger charge is -2.41. The zero-order chi connectivity index (χ0) is 22.3. The molecule has 1 amide bonds. The van der Waals surface area contributed by atoms with Gasteiger partial charge in [0.1, 0.15) is 5.78 Å². The van der Waals surface area contributed by atoms with Gasteiger partial charge in [-0.3, -0.25) is 14.6 Å². The number of carbonyl (C=O) groups is 2. The minimum atomic E-state index is -0.379. The molecular formula is C27H30N2O2. The number of para-hydroxylation sites is 1. The van der Waals surface area contributed by atoms with Crippen LogP contribution < -0.4 is 5.32 Å². The first-order valence-electron chi connectivity index (χ1n) is 10.9. The van der Waals surface area contributed by atoms with Crippen LogP contribution in [0.3, 0.4) is 0 Å². The highest BCUT2D eigenvalue weighted by Gasteiger charge is 2.47. The second kappa shape index (κ2) is 7.92. The van der Waals surface area contributed by atoms with Gasteiger partial charge in [0.2, 0.25) is 0 Å². The summed E-state index contributed by atoms with van der Waals surface area (Å²) >= 11 is 0. The number of hydrogen-bond donors (Lipinski definition) is 1. The van der Waals surface area contributed by atoms with Gasteiger partial charge in [0.15, 0.2) is 0 Å². The number of ketones is 1. The van der Waals surface area contributed by atoms with Gasteiger partial charge in [-0.25, -0.2) is 0 Å². The Labute approximate surface area is 184 Å². The molecular weight excluding hydrogens is 384 g/mol. The number of Topliss-reactive ketones (excluding diaryl/α,β-unsaturated/α-hetero) is 1. The molecule has 1 fully saturated rings. The third kappa shape index (κ3) is 4.12. The average Bonchev–Trinajstić information content (AvgIpc) is 2.67. The van der Waals surface area contributed by atoms with E-state index in [0.29, 0.717) is 17.7 Å². The fourth-order valence-corrected chi connectivity index (χ4v) is 5.02. The third-order valence-corrected chi connectivity index (χ3v) is 6.40. The fourth-order valence-electron chi connectivity index (χ4n) is 5.02. The standard InChI is InChI=1S/C27H30N2O2/c1-16-9-8-11-19(13-16)24-23(26(31)29-20-12-7-6-10-17(20)2)18(3)28-21-14-27(4,5)15-22(30)25(21)24/h6-13,24-25H,14-15H2,1-5H3,(H,29,31)/t24-,25?/m0/s1. The molecule has 1 N–H and O–H groups in total. The van der Waals surface area contributed by atoms with Crippen molar-refractivity contribution >= 4 is 23.1 Å². The van der Waals surface area contributed by atoms with E-state index in [-0.39, 0.29) is 28.9 Å². The highest BCUT2D eigenvalue weighted by molar-refractivity contribution is 6.14. The van der Waals surface area contributed by atoms with E-state index in [1.165, 1.54) is 0 Å². The van der Waals surface area contributed by atoms with Crippen LogP contribution in [0.25, 0.3) is 0 Å². The van der Waals surface area contributed by atoms with Crippen molar-refractivity contribution in [1.29, 1.82) is 0 Å². The summed E-state index contributed by atoms with van der Waals surface area (Å²) in [6, 6.07) is 15.9. The molecule has 4 rings (SSSR count). The van der Waals surface area contributed by atoms with E-state index in [0.717, 1.165) is 34.5 Å². The molecule has 0 saturated heterocycles. The molecule has 160 valence electrons. The number of nitrogens with one attached hydrogen (secondary N) is 1. The SMILES string of the molecule is CC1=C(C(=O)Nc2ccccc2C)[C@H](c2cccc(C)c2)C2C(=O)CC(C)(C)CC2=N1. The minimum Gasteiger partial charge on any atom is -0.322 e. The first kappa shape index (κ1) is 21.2. The van der Waals surface area contributed by atoms with E-state index >= 15 is 0 Å². The van der Waals surface area contributed by atoms with Crippen LogP contribution in [0.5, 0.6) is 0 Å². The largest absolute Gasteiger partial charge is 0.322 e. The summed E-state index contributed by atoms with van der Waals surface area (Å²) in [5.41, 5.74) is 5.99. The Kier molecular flexibility index (Phi) is 5.42. The van der Waals surface area contributed by atoms with Crippen LogP contribution in [-0.4, -0.2) is 17.4 Å². The lowest BCUT2D eigenvalue weighted by molar-refractivity contribution is -0.124. The van der Waals surface area contributed by atoms with Crippen LogP contribution in [0.1, 0.15) is 56.2 Å². The molecule has 2 aromatic carbocycles. The van der Waals surface area contributed by atoms with E-state index in [2.05, 4.69) is 25.2 Å². The summed E-state index contributed by atoms with van der Waals surface area (Å²) in [6.45, 7) is 10.1. The lowest BCUT2D eigenvalue weighted by atomic mass is 9.63. The second-order valence-electron chi connectivity index (χ2n) is 9.72. The molecule has 1 heterocycles. The van der Waals surface area contributed by atoms with Gasteiger partial charge in [-0.15, -0.1) is 0 Å². The van der Waals surface area contributed by atoms with Gasteiger partial charge in [0.25, 0.3) is 5.91 Å². The van der Waals surface area contributed by atoms with Gasteiger partial charge in [-0.1, -0.05) is 61.9 Å².